The Bertz CT molecular complexity index is 1280. The number of aliphatic hydroxyl groups excluding tert-OH is 3. The second kappa shape index (κ2) is 11.5. The fourth-order valence-corrected chi connectivity index (χ4v) is 10.1. The second-order valence-electron chi connectivity index (χ2n) is 13.8. The van der Waals surface area contributed by atoms with Gasteiger partial charge in [-0.15, -0.1) is 0 Å². The summed E-state index contributed by atoms with van der Waals surface area (Å²) in [6.07, 6.45) is 3.49. The summed E-state index contributed by atoms with van der Waals surface area (Å²) in [6.45, 7) is 6.53. The summed E-state index contributed by atoms with van der Waals surface area (Å²) >= 11 is 0. The van der Waals surface area contributed by atoms with Crippen LogP contribution >= 0.6 is 0 Å². The van der Waals surface area contributed by atoms with E-state index in [-0.39, 0.29) is 64.1 Å². The molecule has 11 atom stereocenters. The Morgan fingerprint density at radius 2 is 1.69 bits per heavy atom. The van der Waals surface area contributed by atoms with E-state index in [1.165, 1.54) is 0 Å². The molecule has 0 bridgehead atoms. The Kier molecular flexibility index (Phi) is 8.56. The smallest absolute Gasteiger partial charge is 0.395 e. The molecule has 5 rings (SSSR count). The zero-order valence-corrected chi connectivity index (χ0v) is 25.3. The van der Waals surface area contributed by atoms with Gasteiger partial charge in [-0.1, -0.05) is 20.8 Å². The van der Waals surface area contributed by atoms with E-state index >= 15 is 0 Å². The maximum Gasteiger partial charge on any atom is 0.521 e. The van der Waals surface area contributed by atoms with Crippen molar-refractivity contribution in [2.75, 3.05) is 0 Å². The number of hydrogen-bond acceptors (Lipinski definition) is 9. The predicted octanol–water partition coefficient (Wildman–Crippen LogP) is 4.35. The number of fused-ring (bicyclic) bond motifs is 5. The van der Waals surface area contributed by atoms with Crippen molar-refractivity contribution in [1.29, 1.82) is 0 Å². The molecule has 0 heterocycles. The van der Waals surface area contributed by atoms with Gasteiger partial charge in [-0.25, -0.2) is 4.79 Å². The van der Waals surface area contributed by atoms with Gasteiger partial charge < -0.3 is 24.8 Å². The summed E-state index contributed by atoms with van der Waals surface area (Å²) in [5.41, 5.74) is -0.387. The van der Waals surface area contributed by atoms with Crippen LogP contribution in [0.4, 0.5) is 4.79 Å². The first-order valence-corrected chi connectivity index (χ1v) is 16.6. The van der Waals surface area contributed by atoms with E-state index in [1.807, 2.05) is 0 Å². The van der Waals surface area contributed by atoms with Crippen molar-refractivity contribution in [3.8, 4) is 5.75 Å². The minimum atomic E-state index is -4.39. The summed E-state index contributed by atoms with van der Waals surface area (Å²) in [5.74, 6) is 0.182. The third-order valence-corrected chi connectivity index (χ3v) is 12.7. The molecule has 4 aliphatic rings. The first-order chi connectivity index (χ1) is 19.6. The molecule has 4 N–H and O–H groups in total. The molecule has 1 aromatic carbocycles. The fourth-order valence-electron chi connectivity index (χ4n) is 9.62. The molecule has 4 saturated carbocycles. The molecule has 1 aromatic rings. The summed E-state index contributed by atoms with van der Waals surface area (Å²) in [5, 5.41) is 33.4. The van der Waals surface area contributed by atoms with Gasteiger partial charge in [0.15, 0.2) is 0 Å². The lowest BCUT2D eigenvalue weighted by Crippen LogP contribution is -2.62. The van der Waals surface area contributed by atoms with Crippen LogP contribution in [0.5, 0.6) is 5.75 Å². The number of esters is 1. The Hall–Kier alpha value is -2.05. The van der Waals surface area contributed by atoms with Gasteiger partial charge >= 0.3 is 12.1 Å². The lowest BCUT2D eigenvalue weighted by Gasteiger charge is -2.63. The van der Waals surface area contributed by atoms with Crippen LogP contribution in [-0.2, 0) is 19.6 Å². The molecule has 11 heteroatoms. The van der Waals surface area contributed by atoms with Crippen LogP contribution in [0.3, 0.4) is 0 Å². The van der Waals surface area contributed by atoms with Crippen LogP contribution in [-0.4, -0.2) is 58.7 Å². The topological polar surface area (TPSA) is 168 Å². The van der Waals surface area contributed by atoms with Crippen LogP contribution in [0.25, 0.3) is 0 Å². The standard InChI is InChI=1S/C31H44O10S/c1-17(4-11-27(35)41-29(36)40-20-5-7-21(8-6-20)42(37,38)39)22-9-10-23-28-24(16-26(34)31(22,23)3)30(2)13-12-19(32)14-18(30)15-25(28)33/h5-8,17-19,22-26,28,32-34H,4,9-16H2,1-3H3,(H,37,38,39). The number of ether oxygens (including phenoxy) is 2. The van der Waals surface area contributed by atoms with Crippen molar-refractivity contribution in [1.82, 2.24) is 0 Å². The predicted molar refractivity (Wildman–Crippen MR) is 151 cm³/mol. The normalized spacial score (nSPS) is 40.3. The van der Waals surface area contributed by atoms with Gasteiger partial charge in [-0.05, 0) is 122 Å². The average molecular weight is 609 g/mol. The van der Waals surface area contributed by atoms with Crippen LogP contribution in [0.1, 0.15) is 78.6 Å². The van der Waals surface area contributed by atoms with E-state index < -0.39 is 39.9 Å². The number of benzene rings is 1. The highest BCUT2D eigenvalue weighted by atomic mass is 32.2. The Morgan fingerprint density at radius 1 is 1.00 bits per heavy atom. The third kappa shape index (κ3) is 5.63. The van der Waals surface area contributed by atoms with Crippen LogP contribution in [0.2, 0.25) is 0 Å². The minimum Gasteiger partial charge on any atom is -0.395 e. The van der Waals surface area contributed by atoms with Gasteiger partial charge in [0, 0.05) is 6.42 Å². The van der Waals surface area contributed by atoms with Gasteiger partial charge in [-0.3, -0.25) is 9.35 Å². The maximum absolute atomic E-state index is 12.5. The minimum absolute atomic E-state index is 0.00603. The fraction of sp³-hybridized carbons (Fsp3) is 0.742. The molecule has 0 saturated heterocycles. The number of carbonyl (C=O) groups excluding carboxylic acids is 2. The van der Waals surface area contributed by atoms with Crippen molar-refractivity contribution in [2.24, 2.45) is 46.3 Å². The molecule has 0 amide bonds. The summed E-state index contributed by atoms with van der Waals surface area (Å²) < 4.78 is 41.1. The molecule has 4 aliphatic carbocycles. The van der Waals surface area contributed by atoms with Gasteiger partial charge in [-0.2, -0.15) is 8.42 Å². The van der Waals surface area contributed by atoms with Crippen molar-refractivity contribution in [2.45, 2.75) is 102 Å². The first-order valence-electron chi connectivity index (χ1n) is 15.2. The molecule has 11 unspecified atom stereocenters. The number of hydrogen-bond donors (Lipinski definition) is 4. The van der Waals surface area contributed by atoms with E-state index in [9.17, 15) is 33.3 Å². The zero-order valence-electron chi connectivity index (χ0n) is 24.5. The van der Waals surface area contributed by atoms with Gasteiger partial charge in [0.25, 0.3) is 10.1 Å². The first kappa shape index (κ1) is 31.4. The summed E-state index contributed by atoms with van der Waals surface area (Å²) in [6, 6.07) is 4.44. The van der Waals surface area contributed by atoms with Crippen LogP contribution in [0.15, 0.2) is 29.2 Å². The molecule has 234 valence electrons. The van der Waals surface area contributed by atoms with E-state index in [0.29, 0.717) is 19.3 Å². The zero-order chi connectivity index (χ0) is 30.6. The van der Waals surface area contributed by atoms with Gasteiger partial charge in [0.2, 0.25) is 0 Å². The van der Waals surface area contributed by atoms with Gasteiger partial charge in [0.05, 0.1) is 23.2 Å². The number of aliphatic hydroxyl groups is 3. The summed E-state index contributed by atoms with van der Waals surface area (Å²) in [7, 11) is -4.39. The van der Waals surface area contributed by atoms with Crippen LogP contribution < -0.4 is 4.74 Å². The largest absolute Gasteiger partial charge is 0.521 e. The van der Waals surface area contributed by atoms with Crippen molar-refractivity contribution in [3.63, 3.8) is 0 Å². The van der Waals surface area contributed by atoms with Gasteiger partial charge in [0.1, 0.15) is 5.75 Å². The molecule has 0 spiro atoms. The Balaban J connectivity index is 1.18. The highest BCUT2D eigenvalue weighted by Crippen LogP contribution is 2.68. The Labute approximate surface area is 247 Å². The highest BCUT2D eigenvalue weighted by molar-refractivity contribution is 7.85. The molecule has 42 heavy (non-hydrogen) atoms. The van der Waals surface area contributed by atoms with E-state index in [1.54, 1.807) is 0 Å². The van der Waals surface area contributed by atoms with E-state index in [0.717, 1.165) is 56.4 Å². The molecule has 4 fully saturated rings. The second-order valence-corrected chi connectivity index (χ2v) is 15.2. The molecule has 0 radical (unpaired) electrons. The van der Waals surface area contributed by atoms with Crippen LogP contribution in [0, 0.1) is 46.3 Å². The lowest BCUT2D eigenvalue weighted by molar-refractivity contribution is -0.207. The molecular weight excluding hydrogens is 564 g/mol. The van der Waals surface area contributed by atoms with E-state index in [4.69, 9.17) is 14.0 Å². The molecule has 10 nitrogen and oxygen atoms in total. The number of carbonyl (C=O) groups is 2. The monoisotopic (exact) mass is 608 g/mol. The van der Waals surface area contributed by atoms with Crippen molar-refractivity contribution in [3.05, 3.63) is 24.3 Å². The SMILES string of the molecule is CC(CCC(=O)OC(=O)Oc1ccc(S(=O)(=O)O)cc1)C1CCC2C3C(O)CC4CC(O)CCC4(C)C3CC(O)C12C. The molecule has 0 aliphatic heterocycles. The van der Waals surface area contributed by atoms with Crippen molar-refractivity contribution < 1.29 is 47.4 Å². The quantitative estimate of drug-likeness (QED) is 0.158. The van der Waals surface area contributed by atoms with E-state index in [2.05, 4.69) is 20.8 Å². The molecule has 0 aromatic heterocycles. The highest BCUT2D eigenvalue weighted by Gasteiger charge is 2.65. The lowest BCUT2D eigenvalue weighted by atomic mass is 9.43. The Morgan fingerprint density at radius 3 is 2.36 bits per heavy atom. The molecular formula is C31H44O10S. The van der Waals surface area contributed by atoms with Crippen molar-refractivity contribution >= 4 is 22.2 Å². The average Bonchev–Trinajstić information content (AvgIpc) is 3.27. The summed E-state index contributed by atoms with van der Waals surface area (Å²) in [4.78, 5) is 24.2. The third-order valence-electron chi connectivity index (χ3n) is 11.8. The maximum atomic E-state index is 12.5. The number of rotatable bonds is 6.